The SMILES string of the molecule is CCN(CC)CCN(CC(C)C(=O)O)C(C)C(C)=O. The van der Waals surface area contributed by atoms with Gasteiger partial charge in [0.05, 0.1) is 12.0 Å². The quantitative estimate of drug-likeness (QED) is 0.650. The lowest BCUT2D eigenvalue weighted by atomic mass is 10.1. The van der Waals surface area contributed by atoms with Crippen LogP contribution in [0.5, 0.6) is 0 Å². The van der Waals surface area contributed by atoms with Gasteiger partial charge in [-0.1, -0.05) is 20.8 Å². The van der Waals surface area contributed by atoms with Crippen molar-refractivity contribution in [3.63, 3.8) is 0 Å². The molecule has 0 rings (SSSR count). The molecule has 0 saturated heterocycles. The molecule has 19 heavy (non-hydrogen) atoms. The van der Waals surface area contributed by atoms with Crippen molar-refractivity contribution in [1.82, 2.24) is 9.80 Å². The average Bonchev–Trinajstić information content (AvgIpc) is 2.36. The molecule has 0 aliphatic rings. The van der Waals surface area contributed by atoms with Gasteiger partial charge in [-0.05, 0) is 26.9 Å². The van der Waals surface area contributed by atoms with E-state index in [1.165, 1.54) is 0 Å². The fourth-order valence-corrected chi connectivity index (χ4v) is 1.94. The number of ketones is 1. The van der Waals surface area contributed by atoms with Gasteiger partial charge in [0, 0.05) is 19.6 Å². The van der Waals surface area contributed by atoms with Gasteiger partial charge in [-0.15, -0.1) is 0 Å². The Labute approximate surface area is 116 Å². The molecule has 0 aromatic rings. The first-order chi connectivity index (χ1) is 8.83. The zero-order chi connectivity index (χ0) is 15.0. The second-order valence-electron chi connectivity index (χ2n) is 5.05. The Balaban J connectivity index is 4.58. The number of carbonyl (C=O) groups is 2. The number of hydrogen-bond acceptors (Lipinski definition) is 4. The molecule has 0 aromatic carbocycles. The maximum absolute atomic E-state index is 11.5. The maximum Gasteiger partial charge on any atom is 0.307 e. The first kappa shape index (κ1) is 18.1. The summed E-state index contributed by atoms with van der Waals surface area (Å²) in [5.41, 5.74) is 0. The van der Waals surface area contributed by atoms with Gasteiger partial charge in [0.1, 0.15) is 5.78 Å². The normalized spacial score (nSPS) is 14.7. The van der Waals surface area contributed by atoms with E-state index >= 15 is 0 Å². The lowest BCUT2D eigenvalue weighted by molar-refractivity contribution is -0.142. The summed E-state index contributed by atoms with van der Waals surface area (Å²) < 4.78 is 0. The lowest BCUT2D eigenvalue weighted by Gasteiger charge is -2.31. The summed E-state index contributed by atoms with van der Waals surface area (Å²) in [5, 5.41) is 9.00. The van der Waals surface area contributed by atoms with Gasteiger partial charge in [0.15, 0.2) is 0 Å². The summed E-state index contributed by atoms with van der Waals surface area (Å²) in [4.78, 5) is 26.7. The highest BCUT2D eigenvalue weighted by Crippen LogP contribution is 2.07. The standard InChI is InChI=1S/C14H28N2O3/c1-6-15(7-2)8-9-16(12(4)13(5)17)10-11(3)14(18)19/h11-12H,6-10H2,1-5H3,(H,18,19). The molecule has 0 fully saturated rings. The van der Waals surface area contributed by atoms with E-state index in [-0.39, 0.29) is 11.8 Å². The second-order valence-corrected chi connectivity index (χ2v) is 5.05. The molecule has 0 bridgehead atoms. The number of carboxylic acids is 1. The maximum atomic E-state index is 11.5. The van der Waals surface area contributed by atoms with Crippen molar-refractivity contribution in [2.75, 3.05) is 32.7 Å². The molecule has 0 aliphatic carbocycles. The zero-order valence-electron chi connectivity index (χ0n) is 12.8. The fourth-order valence-electron chi connectivity index (χ4n) is 1.94. The Morgan fingerprint density at radius 2 is 1.63 bits per heavy atom. The predicted octanol–water partition coefficient (Wildman–Crippen LogP) is 1.33. The molecule has 0 aromatic heterocycles. The highest BCUT2D eigenvalue weighted by molar-refractivity contribution is 5.81. The van der Waals surface area contributed by atoms with Crippen LogP contribution < -0.4 is 0 Å². The molecule has 5 nitrogen and oxygen atoms in total. The second kappa shape index (κ2) is 9.04. The predicted molar refractivity (Wildman–Crippen MR) is 76.3 cm³/mol. The first-order valence-electron chi connectivity index (χ1n) is 7.03. The summed E-state index contributed by atoms with van der Waals surface area (Å²) in [6, 6.07) is -0.225. The largest absolute Gasteiger partial charge is 0.481 e. The van der Waals surface area contributed by atoms with E-state index in [1.807, 2.05) is 11.8 Å². The average molecular weight is 272 g/mol. The Hall–Kier alpha value is -0.940. The number of likely N-dealkylation sites (N-methyl/N-ethyl adjacent to an activating group) is 1. The van der Waals surface area contributed by atoms with Gasteiger partial charge < -0.3 is 10.0 Å². The van der Waals surface area contributed by atoms with E-state index in [2.05, 4.69) is 18.7 Å². The Kier molecular flexibility index (Phi) is 8.59. The summed E-state index contributed by atoms with van der Waals surface area (Å²) in [5.74, 6) is -1.20. The van der Waals surface area contributed by atoms with E-state index in [4.69, 9.17) is 5.11 Å². The Bertz CT molecular complexity index is 290. The molecule has 2 unspecified atom stereocenters. The third kappa shape index (κ3) is 6.68. The number of nitrogens with zero attached hydrogens (tertiary/aromatic N) is 2. The summed E-state index contributed by atoms with van der Waals surface area (Å²) in [7, 11) is 0. The first-order valence-corrected chi connectivity index (χ1v) is 7.03. The number of hydrogen-bond donors (Lipinski definition) is 1. The molecule has 0 amide bonds. The van der Waals surface area contributed by atoms with Crippen LogP contribution in [0.4, 0.5) is 0 Å². The minimum absolute atomic E-state index is 0.0807. The van der Waals surface area contributed by atoms with Gasteiger partial charge in [0.2, 0.25) is 0 Å². The molecule has 0 radical (unpaired) electrons. The van der Waals surface area contributed by atoms with Crippen molar-refractivity contribution in [1.29, 1.82) is 0 Å². The van der Waals surface area contributed by atoms with E-state index < -0.39 is 11.9 Å². The highest BCUT2D eigenvalue weighted by atomic mass is 16.4. The van der Waals surface area contributed by atoms with Crippen LogP contribution in [0.3, 0.4) is 0 Å². The number of carbonyl (C=O) groups excluding carboxylic acids is 1. The van der Waals surface area contributed by atoms with Crippen molar-refractivity contribution < 1.29 is 14.7 Å². The van der Waals surface area contributed by atoms with E-state index in [1.54, 1.807) is 13.8 Å². The minimum atomic E-state index is -0.816. The number of Topliss-reactive ketones (excluding diaryl/α,β-unsaturated/α-hetero) is 1. The van der Waals surface area contributed by atoms with E-state index in [0.29, 0.717) is 6.54 Å². The van der Waals surface area contributed by atoms with Crippen LogP contribution in [0, 0.1) is 5.92 Å². The van der Waals surface area contributed by atoms with Gasteiger partial charge >= 0.3 is 5.97 Å². The Morgan fingerprint density at radius 3 is 2.00 bits per heavy atom. The van der Waals surface area contributed by atoms with Crippen LogP contribution in [0.1, 0.15) is 34.6 Å². The molecule has 2 atom stereocenters. The minimum Gasteiger partial charge on any atom is -0.481 e. The molecule has 0 aliphatic heterocycles. The van der Waals surface area contributed by atoms with Crippen molar-refractivity contribution in [2.24, 2.45) is 5.92 Å². The molecule has 0 heterocycles. The van der Waals surface area contributed by atoms with E-state index in [9.17, 15) is 9.59 Å². The molecular formula is C14H28N2O3. The van der Waals surface area contributed by atoms with Crippen LogP contribution in [-0.2, 0) is 9.59 Å². The van der Waals surface area contributed by atoms with E-state index in [0.717, 1.165) is 26.2 Å². The van der Waals surface area contributed by atoms with Gasteiger partial charge in [-0.25, -0.2) is 0 Å². The lowest BCUT2D eigenvalue weighted by Crippen LogP contribution is -2.45. The topological polar surface area (TPSA) is 60.9 Å². The van der Waals surface area contributed by atoms with Crippen LogP contribution >= 0.6 is 0 Å². The molecule has 112 valence electrons. The molecule has 1 N–H and O–H groups in total. The monoisotopic (exact) mass is 272 g/mol. The molecule has 0 saturated carbocycles. The van der Waals surface area contributed by atoms with Crippen molar-refractivity contribution in [2.45, 2.75) is 40.7 Å². The molecular weight excluding hydrogens is 244 g/mol. The van der Waals surface area contributed by atoms with Crippen LogP contribution in [0.15, 0.2) is 0 Å². The number of carboxylic acid groups (broad SMARTS) is 1. The molecule has 0 spiro atoms. The van der Waals surface area contributed by atoms with Gasteiger partial charge in [0.25, 0.3) is 0 Å². The summed E-state index contributed by atoms with van der Waals surface area (Å²) >= 11 is 0. The third-order valence-electron chi connectivity index (χ3n) is 3.66. The highest BCUT2D eigenvalue weighted by Gasteiger charge is 2.23. The van der Waals surface area contributed by atoms with Crippen molar-refractivity contribution in [3.8, 4) is 0 Å². The summed E-state index contributed by atoms with van der Waals surface area (Å²) in [6.07, 6.45) is 0. The van der Waals surface area contributed by atoms with Crippen LogP contribution in [-0.4, -0.2) is 65.4 Å². The molecule has 5 heteroatoms. The van der Waals surface area contributed by atoms with Gasteiger partial charge in [-0.3, -0.25) is 14.5 Å². The Morgan fingerprint density at radius 1 is 1.11 bits per heavy atom. The third-order valence-corrected chi connectivity index (χ3v) is 3.66. The smallest absolute Gasteiger partial charge is 0.307 e. The van der Waals surface area contributed by atoms with Crippen molar-refractivity contribution >= 4 is 11.8 Å². The fraction of sp³-hybridized carbons (Fsp3) is 0.857. The van der Waals surface area contributed by atoms with Gasteiger partial charge in [-0.2, -0.15) is 0 Å². The van der Waals surface area contributed by atoms with Crippen molar-refractivity contribution in [3.05, 3.63) is 0 Å². The summed E-state index contributed by atoms with van der Waals surface area (Å²) in [6.45, 7) is 13.2. The number of rotatable bonds is 10. The number of aliphatic carboxylic acids is 1. The van der Waals surface area contributed by atoms with Crippen LogP contribution in [0.25, 0.3) is 0 Å². The van der Waals surface area contributed by atoms with Crippen LogP contribution in [0.2, 0.25) is 0 Å². The zero-order valence-corrected chi connectivity index (χ0v) is 12.8.